The van der Waals surface area contributed by atoms with Gasteiger partial charge in [-0.15, -0.1) is 0 Å². The molecule has 0 aliphatic carbocycles. The van der Waals surface area contributed by atoms with Crippen molar-refractivity contribution in [2.24, 2.45) is 5.73 Å². The quantitative estimate of drug-likeness (QED) is 0.328. The second kappa shape index (κ2) is 11.6. The Bertz CT molecular complexity index is 1450. The van der Waals surface area contributed by atoms with Crippen molar-refractivity contribution in [2.45, 2.75) is 26.9 Å². The monoisotopic (exact) mass is 492 g/mol. The van der Waals surface area contributed by atoms with Crippen molar-refractivity contribution in [3.63, 3.8) is 0 Å². The van der Waals surface area contributed by atoms with Gasteiger partial charge in [-0.1, -0.05) is 18.7 Å². The molecule has 0 spiro atoms. The number of nitrogens with two attached hydrogens (primary N) is 1. The third-order valence-electron chi connectivity index (χ3n) is 4.96. The van der Waals surface area contributed by atoms with Gasteiger partial charge in [-0.05, 0) is 55.8 Å². The van der Waals surface area contributed by atoms with Crippen LogP contribution in [0.5, 0.6) is 5.75 Å². The van der Waals surface area contributed by atoms with Crippen LogP contribution in [0.1, 0.15) is 29.9 Å². The number of hydrogen-bond acceptors (Lipinski definition) is 7. The van der Waals surface area contributed by atoms with Crippen molar-refractivity contribution in [1.82, 2.24) is 19.1 Å². The Morgan fingerprint density at radius 3 is 2.56 bits per heavy atom. The maximum absolute atomic E-state index is 13.3. The molecule has 10 nitrogen and oxygen atoms in total. The van der Waals surface area contributed by atoms with Crippen molar-refractivity contribution in [3.8, 4) is 5.75 Å². The van der Waals surface area contributed by atoms with E-state index >= 15 is 0 Å². The number of hydrogen-bond donors (Lipinski definition) is 2. The van der Waals surface area contributed by atoms with Crippen LogP contribution in [0.4, 0.5) is 10.3 Å². The van der Waals surface area contributed by atoms with Crippen LogP contribution >= 0.6 is 0 Å². The van der Waals surface area contributed by atoms with Gasteiger partial charge in [-0.2, -0.15) is 4.98 Å². The number of carbonyl (C=O) groups excluding carboxylic acids is 1. The number of nitrogens with zero attached hydrogens (tertiary/aromatic N) is 4. The van der Waals surface area contributed by atoms with Crippen LogP contribution in [0.2, 0.25) is 0 Å². The number of amides is 1. The first-order valence-corrected chi connectivity index (χ1v) is 10.9. The second-order valence-electron chi connectivity index (χ2n) is 7.53. The van der Waals surface area contributed by atoms with Gasteiger partial charge in [0.05, 0.1) is 6.54 Å². The Hall–Kier alpha value is -4.80. The van der Waals surface area contributed by atoms with Crippen LogP contribution in [0, 0.1) is 5.82 Å². The highest BCUT2D eigenvalue weighted by molar-refractivity contribution is 5.91. The molecule has 0 saturated carbocycles. The lowest BCUT2D eigenvalue weighted by Crippen LogP contribution is -2.42. The average molecular weight is 493 g/mol. The van der Waals surface area contributed by atoms with E-state index in [0.29, 0.717) is 22.8 Å². The fourth-order valence-corrected chi connectivity index (χ4v) is 3.14. The summed E-state index contributed by atoms with van der Waals surface area (Å²) in [7, 11) is 0. The number of pyridine rings is 1. The highest BCUT2D eigenvalue weighted by Gasteiger charge is 2.13. The van der Waals surface area contributed by atoms with Gasteiger partial charge in [0, 0.05) is 24.5 Å². The maximum atomic E-state index is 13.3. The minimum atomic E-state index is -0.707. The van der Waals surface area contributed by atoms with Crippen LogP contribution in [-0.2, 0) is 13.1 Å². The number of aromatic nitrogens is 4. The number of nitrogens with one attached hydrogen (secondary N) is 1. The molecule has 3 rings (SSSR count). The Balaban J connectivity index is 1.90. The van der Waals surface area contributed by atoms with E-state index in [-0.39, 0.29) is 24.7 Å². The normalized spacial score (nSPS) is 11.8. The van der Waals surface area contributed by atoms with Crippen molar-refractivity contribution >= 4 is 11.9 Å². The van der Waals surface area contributed by atoms with E-state index in [1.807, 2.05) is 0 Å². The van der Waals surface area contributed by atoms with Crippen LogP contribution in [-0.4, -0.2) is 25.0 Å². The zero-order valence-corrected chi connectivity index (χ0v) is 19.8. The molecule has 0 fully saturated rings. The number of carbonyl (C=O) groups is 1. The zero-order valence-electron chi connectivity index (χ0n) is 19.8. The summed E-state index contributed by atoms with van der Waals surface area (Å²) in [5.41, 5.74) is 5.09. The summed E-state index contributed by atoms with van der Waals surface area (Å²) in [5, 5.41) is 2.94. The van der Waals surface area contributed by atoms with Gasteiger partial charge in [0.1, 0.15) is 23.0 Å². The number of rotatable bonds is 10. The largest absolute Gasteiger partial charge is 0.462 e. The number of primary amides is 1. The summed E-state index contributed by atoms with van der Waals surface area (Å²) in [6, 6.07) is 8.65. The first-order chi connectivity index (χ1) is 17.2. The summed E-state index contributed by atoms with van der Waals surface area (Å²) in [6.45, 7) is 7.30. The van der Waals surface area contributed by atoms with Gasteiger partial charge in [0.15, 0.2) is 0 Å². The number of allylic oxidation sites excluding steroid dienone is 4. The molecule has 3 aromatic rings. The zero-order chi connectivity index (χ0) is 26.2. The first-order valence-electron chi connectivity index (χ1n) is 10.9. The van der Waals surface area contributed by atoms with E-state index in [0.717, 1.165) is 4.57 Å². The third kappa shape index (κ3) is 6.41. The molecule has 0 saturated heterocycles. The van der Waals surface area contributed by atoms with Gasteiger partial charge < -0.3 is 15.8 Å². The molecule has 2 aromatic heterocycles. The molecule has 1 aromatic carbocycles. The number of anilines is 1. The lowest BCUT2D eigenvalue weighted by atomic mass is 10.2. The summed E-state index contributed by atoms with van der Waals surface area (Å²) < 4.78 is 21.3. The number of halogens is 1. The van der Waals surface area contributed by atoms with Crippen molar-refractivity contribution in [3.05, 3.63) is 117 Å². The molecule has 36 heavy (non-hydrogen) atoms. The molecule has 0 unspecified atom stereocenters. The topological polar surface area (TPSA) is 134 Å². The van der Waals surface area contributed by atoms with Gasteiger partial charge >= 0.3 is 11.4 Å². The highest BCUT2D eigenvalue weighted by atomic mass is 19.1. The van der Waals surface area contributed by atoms with E-state index in [9.17, 15) is 18.8 Å². The fraction of sp³-hybridized carbons (Fsp3) is 0.160. The van der Waals surface area contributed by atoms with E-state index < -0.39 is 23.1 Å². The highest BCUT2D eigenvalue weighted by Crippen LogP contribution is 2.15. The predicted molar refractivity (Wildman–Crippen MR) is 133 cm³/mol. The van der Waals surface area contributed by atoms with Gasteiger partial charge in [0.2, 0.25) is 5.95 Å². The fourth-order valence-electron chi connectivity index (χ4n) is 3.14. The Labute approximate surface area is 205 Å². The molecule has 0 bridgehead atoms. The molecule has 1 amide bonds. The lowest BCUT2D eigenvalue weighted by molar-refractivity contribution is 0.0995. The number of ether oxygens (including phenoxy) is 1. The maximum Gasteiger partial charge on any atom is 0.354 e. The van der Waals surface area contributed by atoms with Crippen molar-refractivity contribution in [2.75, 3.05) is 5.32 Å². The molecule has 2 heterocycles. The van der Waals surface area contributed by atoms with E-state index in [1.54, 1.807) is 44.2 Å². The van der Waals surface area contributed by atoms with E-state index in [1.165, 1.54) is 35.0 Å². The number of benzene rings is 1. The standard InChI is InChI=1S/C25H25FN6O4/c1-4-19(11-6-16(3)36-20-12-13-28-21(14-20)22(27)33)29-23-30-24(34)31(5-2)25(35)32(23)15-17-7-9-18(26)10-8-17/h4,6-14H,1,5,15H2,2-3H3,(H2,27,33)(H,29,30,34)/b16-6+,19-11+. The van der Waals surface area contributed by atoms with Gasteiger partial charge in [0.25, 0.3) is 5.91 Å². The van der Waals surface area contributed by atoms with Gasteiger partial charge in [-0.3, -0.25) is 14.3 Å². The molecular formula is C25H25FN6O4. The Morgan fingerprint density at radius 1 is 1.19 bits per heavy atom. The van der Waals surface area contributed by atoms with E-state index in [4.69, 9.17) is 10.5 Å². The van der Waals surface area contributed by atoms with E-state index in [2.05, 4.69) is 21.9 Å². The Morgan fingerprint density at radius 2 is 1.92 bits per heavy atom. The molecule has 0 aliphatic rings. The summed E-state index contributed by atoms with van der Waals surface area (Å²) in [6.07, 6.45) is 6.10. The van der Waals surface area contributed by atoms with Crippen LogP contribution < -0.4 is 27.2 Å². The molecule has 3 N–H and O–H groups in total. The lowest BCUT2D eigenvalue weighted by Gasteiger charge is -2.15. The molecule has 186 valence electrons. The first kappa shape index (κ1) is 25.8. The third-order valence-corrected chi connectivity index (χ3v) is 4.96. The van der Waals surface area contributed by atoms with Crippen LogP contribution in [0.25, 0.3) is 0 Å². The Kier molecular flexibility index (Phi) is 8.29. The van der Waals surface area contributed by atoms with Crippen LogP contribution in [0.15, 0.2) is 88.4 Å². The smallest absolute Gasteiger partial charge is 0.354 e. The minimum absolute atomic E-state index is 0.00243. The minimum Gasteiger partial charge on any atom is -0.462 e. The van der Waals surface area contributed by atoms with Crippen molar-refractivity contribution < 1.29 is 13.9 Å². The molecule has 0 radical (unpaired) electrons. The SMILES string of the molecule is C=C/C(=C\C=C(/C)Oc1ccnc(C(N)=O)c1)Nc1nc(=O)n(CC)c(=O)n1Cc1ccc(F)cc1. The van der Waals surface area contributed by atoms with Crippen LogP contribution in [0.3, 0.4) is 0 Å². The molecule has 0 aliphatic heterocycles. The van der Waals surface area contributed by atoms with Crippen molar-refractivity contribution in [1.29, 1.82) is 0 Å². The predicted octanol–water partition coefficient (Wildman–Crippen LogP) is 2.57. The molecule has 11 heteroatoms. The van der Waals surface area contributed by atoms with Gasteiger partial charge in [-0.25, -0.2) is 18.5 Å². The molecule has 0 atom stereocenters. The molecular weight excluding hydrogens is 467 g/mol. The second-order valence-corrected chi connectivity index (χ2v) is 7.53. The summed E-state index contributed by atoms with van der Waals surface area (Å²) in [4.78, 5) is 44.6. The summed E-state index contributed by atoms with van der Waals surface area (Å²) >= 11 is 0. The average Bonchev–Trinajstić information content (AvgIpc) is 2.85. The summed E-state index contributed by atoms with van der Waals surface area (Å²) in [5.74, 6) is -0.260.